The Balaban J connectivity index is 2.58. The van der Waals surface area contributed by atoms with Gasteiger partial charge in [0.25, 0.3) is 5.91 Å². The normalized spacial score (nSPS) is 11.0. The van der Waals surface area contributed by atoms with Gasteiger partial charge in [-0.1, -0.05) is 6.92 Å². The molecule has 0 bridgehead atoms. The molecule has 4 N–H and O–H groups in total. The number of hydrogen-bond donors (Lipinski definition) is 4. The third-order valence-corrected chi connectivity index (χ3v) is 2.56. The number of carbonyl (C=O) groups excluding carboxylic acids is 2. The highest BCUT2D eigenvalue weighted by atomic mass is 16.3. The van der Waals surface area contributed by atoms with Crippen LogP contribution in [-0.2, 0) is 4.79 Å². The maximum atomic E-state index is 11.8. The second-order valence-electron chi connectivity index (χ2n) is 4.52. The number of carbonyl (C=O) groups is 2. The molecule has 0 saturated heterocycles. The summed E-state index contributed by atoms with van der Waals surface area (Å²) in [5.74, 6) is -1.28. The molecule has 114 valence electrons. The fraction of sp³-hybridized carbons (Fsp3) is 0.357. The number of hydrazone groups is 1. The van der Waals surface area contributed by atoms with Crippen LogP contribution in [0.2, 0.25) is 0 Å². The van der Waals surface area contributed by atoms with E-state index in [1.54, 1.807) is 6.92 Å². The van der Waals surface area contributed by atoms with Crippen molar-refractivity contribution in [3.63, 3.8) is 0 Å². The second-order valence-corrected chi connectivity index (χ2v) is 4.52. The largest absolute Gasteiger partial charge is 0.508 e. The van der Waals surface area contributed by atoms with Crippen molar-refractivity contribution in [1.82, 2.24) is 10.7 Å². The molecule has 0 aliphatic rings. The minimum atomic E-state index is -0.624. The smallest absolute Gasteiger partial charge is 0.275 e. The van der Waals surface area contributed by atoms with Crippen molar-refractivity contribution >= 4 is 17.5 Å². The van der Waals surface area contributed by atoms with Gasteiger partial charge in [-0.25, -0.2) is 5.43 Å². The molecule has 0 saturated carbocycles. The van der Waals surface area contributed by atoms with Crippen LogP contribution < -0.4 is 10.7 Å². The Bertz CT molecular complexity index is 555. The summed E-state index contributed by atoms with van der Waals surface area (Å²) in [7, 11) is 0. The molecular formula is C14H19N3O4. The summed E-state index contributed by atoms with van der Waals surface area (Å²) in [5, 5.41) is 25.2. The molecule has 0 atom stereocenters. The summed E-state index contributed by atoms with van der Waals surface area (Å²) in [5.41, 5.74) is 2.67. The van der Waals surface area contributed by atoms with E-state index in [1.807, 2.05) is 6.92 Å². The predicted octanol–water partition coefficient (Wildman–Crippen LogP) is 1.12. The van der Waals surface area contributed by atoms with Crippen LogP contribution in [-0.4, -0.2) is 34.3 Å². The summed E-state index contributed by atoms with van der Waals surface area (Å²) < 4.78 is 0. The number of phenolic OH excluding ortho intramolecular Hbond substituents is 2. The first-order valence-corrected chi connectivity index (χ1v) is 6.56. The lowest BCUT2D eigenvalue weighted by atomic mass is 10.2. The lowest BCUT2D eigenvalue weighted by molar-refractivity contribution is -0.119. The summed E-state index contributed by atoms with van der Waals surface area (Å²) in [6.07, 6.45) is 0.931. The molecule has 0 fully saturated rings. The number of phenols is 2. The first-order chi connectivity index (χ1) is 9.93. The van der Waals surface area contributed by atoms with Crippen LogP contribution >= 0.6 is 0 Å². The molecule has 21 heavy (non-hydrogen) atoms. The highest BCUT2D eigenvalue weighted by Gasteiger charge is 2.11. The van der Waals surface area contributed by atoms with E-state index in [1.165, 1.54) is 12.1 Å². The van der Waals surface area contributed by atoms with Crippen LogP contribution in [0.15, 0.2) is 23.3 Å². The standard InChI is InChI=1S/C14H19N3O4/c1-3-6-15-13(20)7-9(2)16-17-14(21)11-5-4-10(18)8-12(11)19/h4-5,8,18-19H,3,6-7H2,1-2H3,(H,15,20)(H,17,21). The molecule has 7 nitrogen and oxygen atoms in total. The van der Waals surface area contributed by atoms with E-state index >= 15 is 0 Å². The maximum absolute atomic E-state index is 11.8. The zero-order valence-corrected chi connectivity index (χ0v) is 12.0. The van der Waals surface area contributed by atoms with E-state index in [4.69, 9.17) is 5.11 Å². The van der Waals surface area contributed by atoms with Gasteiger partial charge in [-0.05, 0) is 25.5 Å². The zero-order valence-electron chi connectivity index (χ0n) is 12.0. The van der Waals surface area contributed by atoms with Crippen LogP contribution in [0, 0.1) is 0 Å². The molecule has 0 aliphatic heterocycles. The fourth-order valence-corrected chi connectivity index (χ4v) is 1.52. The molecule has 1 aromatic carbocycles. The molecular weight excluding hydrogens is 274 g/mol. The predicted molar refractivity (Wildman–Crippen MR) is 78.3 cm³/mol. The van der Waals surface area contributed by atoms with E-state index < -0.39 is 5.91 Å². The fourth-order valence-electron chi connectivity index (χ4n) is 1.52. The molecule has 0 heterocycles. The van der Waals surface area contributed by atoms with Gasteiger partial charge in [0.15, 0.2) is 0 Å². The van der Waals surface area contributed by atoms with E-state index in [2.05, 4.69) is 15.8 Å². The molecule has 7 heteroatoms. The lowest BCUT2D eigenvalue weighted by Gasteiger charge is -2.05. The summed E-state index contributed by atoms with van der Waals surface area (Å²) in [6.45, 7) is 4.16. The minimum absolute atomic E-state index is 0.0141. The Kier molecular flexibility index (Phi) is 6.19. The number of aromatic hydroxyl groups is 2. The molecule has 0 unspecified atom stereocenters. The topological polar surface area (TPSA) is 111 Å². The average Bonchev–Trinajstić information content (AvgIpc) is 2.42. The Hall–Kier alpha value is -2.57. The van der Waals surface area contributed by atoms with E-state index in [0.29, 0.717) is 12.3 Å². The lowest BCUT2D eigenvalue weighted by Crippen LogP contribution is -2.27. The Labute approximate surface area is 122 Å². The van der Waals surface area contributed by atoms with Crippen LogP contribution in [0.3, 0.4) is 0 Å². The highest BCUT2D eigenvalue weighted by Crippen LogP contribution is 2.22. The number of nitrogens with zero attached hydrogens (tertiary/aromatic N) is 1. The Morgan fingerprint density at radius 3 is 2.62 bits per heavy atom. The van der Waals surface area contributed by atoms with Gasteiger partial charge in [-0.2, -0.15) is 5.10 Å². The summed E-state index contributed by atoms with van der Waals surface area (Å²) in [6, 6.07) is 3.62. The average molecular weight is 293 g/mol. The number of rotatable bonds is 6. The third-order valence-electron chi connectivity index (χ3n) is 2.56. The van der Waals surface area contributed by atoms with Crippen molar-refractivity contribution < 1.29 is 19.8 Å². The molecule has 0 radical (unpaired) electrons. The number of benzene rings is 1. The Morgan fingerprint density at radius 1 is 1.29 bits per heavy atom. The Morgan fingerprint density at radius 2 is 2.00 bits per heavy atom. The van der Waals surface area contributed by atoms with Crippen LogP contribution in [0.25, 0.3) is 0 Å². The second kappa shape index (κ2) is 7.88. The quantitative estimate of drug-likeness (QED) is 0.465. The summed E-state index contributed by atoms with van der Waals surface area (Å²) >= 11 is 0. The molecule has 0 aromatic heterocycles. The number of nitrogens with one attached hydrogen (secondary N) is 2. The van der Waals surface area contributed by atoms with Crippen molar-refractivity contribution in [1.29, 1.82) is 0 Å². The van der Waals surface area contributed by atoms with Gasteiger partial charge in [0.1, 0.15) is 11.5 Å². The highest BCUT2D eigenvalue weighted by molar-refractivity contribution is 6.01. The van der Waals surface area contributed by atoms with Gasteiger partial charge in [0.2, 0.25) is 5.91 Å². The van der Waals surface area contributed by atoms with Crippen molar-refractivity contribution in [3.05, 3.63) is 23.8 Å². The van der Waals surface area contributed by atoms with Crippen molar-refractivity contribution in [2.45, 2.75) is 26.7 Å². The summed E-state index contributed by atoms with van der Waals surface area (Å²) in [4.78, 5) is 23.2. The third kappa shape index (κ3) is 5.52. The molecule has 2 amide bonds. The van der Waals surface area contributed by atoms with Crippen molar-refractivity contribution in [3.8, 4) is 11.5 Å². The molecule has 1 rings (SSSR count). The van der Waals surface area contributed by atoms with E-state index in [-0.39, 0.29) is 29.4 Å². The van der Waals surface area contributed by atoms with E-state index in [9.17, 15) is 14.7 Å². The van der Waals surface area contributed by atoms with Crippen molar-refractivity contribution in [2.75, 3.05) is 6.54 Å². The molecule has 0 aliphatic carbocycles. The van der Waals surface area contributed by atoms with Gasteiger partial charge in [0, 0.05) is 18.3 Å². The first kappa shape index (κ1) is 16.5. The minimum Gasteiger partial charge on any atom is -0.508 e. The number of amides is 2. The zero-order chi connectivity index (χ0) is 15.8. The van der Waals surface area contributed by atoms with Gasteiger partial charge in [-0.3, -0.25) is 9.59 Å². The first-order valence-electron chi connectivity index (χ1n) is 6.56. The monoisotopic (exact) mass is 293 g/mol. The van der Waals surface area contributed by atoms with Gasteiger partial charge in [0.05, 0.1) is 12.0 Å². The van der Waals surface area contributed by atoms with Crippen molar-refractivity contribution in [2.24, 2.45) is 5.10 Å². The van der Waals surface area contributed by atoms with Gasteiger partial charge < -0.3 is 15.5 Å². The molecule has 0 spiro atoms. The van der Waals surface area contributed by atoms with Crippen LogP contribution in [0.5, 0.6) is 11.5 Å². The van der Waals surface area contributed by atoms with E-state index in [0.717, 1.165) is 12.5 Å². The van der Waals surface area contributed by atoms with Crippen LogP contribution in [0.1, 0.15) is 37.0 Å². The van der Waals surface area contributed by atoms with Gasteiger partial charge in [-0.15, -0.1) is 0 Å². The van der Waals surface area contributed by atoms with Crippen LogP contribution in [0.4, 0.5) is 0 Å². The molecule has 1 aromatic rings. The maximum Gasteiger partial charge on any atom is 0.275 e. The van der Waals surface area contributed by atoms with Gasteiger partial charge >= 0.3 is 0 Å². The SMILES string of the molecule is CCCNC(=O)CC(C)=NNC(=O)c1ccc(O)cc1O. The number of hydrogen-bond acceptors (Lipinski definition) is 5.